The maximum absolute atomic E-state index is 11.9. The second-order valence-electron chi connectivity index (χ2n) is 6.19. The van der Waals surface area contributed by atoms with Gasteiger partial charge in [-0.1, -0.05) is 5.16 Å². The number of rotatable bonds is 2. The number of carbonyl (C=O) groups is 3. The fourth-order valence-corrected chi connectivity index (χ4v) is 2.17. The number of alkyl halides is 6. The van der Waals surface area contributed by atoms with Crippen LogP contribution in [0.15, 0.2) is 5.16 Å². The molecular weight excluding hydrogens is 432 g/mol. The van der Waals surface area contributed by atoms with E-state index in [-0.39, 0.29) is 11.5 Å². The first-order valence-electron chi connectivity index (χ1n) is 8.37. The van der Waals surface area contributed by atoms with E-state index in [1.165, 1.54) is 0 Å². The molecule has 3 N–H and O–H groups in total. The smallest absolute Gasteiger partial charge is 0.475 e. The molecule has 2 aliphatic heterocycles. The highest BCUT2D eigenvalue weighted by molar-refractivity contribution is 6.39. The Bertz CT molecular complexity index is 620. The molecule has 30 heavy (non-hydrogen) atoms. The minimum absolute atomic E-state index is 0.00931. The first kappa shape index (κ1) is 27.4. The Morgan fingerprint density at radius 3 is 1.93 bits per heavy atom. The number of carboxylic acid groups (broad SMARTS) is 2. The summed E-state index contributed by atoms with van der Waals surface area (Å²) in [5, 5.41) is 21.5. The SMILES string of the molecule is CCN(C)C(=O)C1=NOC2(CCCNC2)C1.O=C(O)C(F)(F)F.O=C(O)C(F)(F)F. The van der Waals surface area contributed by atoms with Gasteiger partial charge in [-0.05, 0) is 26.3 Å². The van der Waals surface area contributed by atoms with Gasteiger partial charge >= 0.3 is 24.3 Å². The van der Waals surface area contributed by atoms with Gasteiger partial charge in [0.15, 0.2) is 5.60 Å². The van der Waals surface area contributed by atoms with Crippen LogP contribution in [0, 0.1) is 0 Å². The molecule has 1 amide bonds. The number of aliphatic carboxylic acids is 2. The summed E-state index contributed by atoms with van der Waals surface area (Å²) in [6.07, 6.45) is -7.46. The molecule has 2 aliphatic rings. The molecule has 1 fully saturated rings. The number of nitrogens with one attached hydrogen (secondary N) is 1. The van der Waals surface area contributed by atoms with E-state index in [1.54, 1.807) is 11.9 Å². The zero-order chi connectivity index (χ0) is 23.8. The van der Waals surface area contributed by atoms with E-state index in [0.717, 1.165) is 25.9 Å². The molecule has 2 rings (SSSR count). The molecule has 9 nitrogen and oxygen atoms in total. The van der Waals surface area contributed by atoms with Gasteiger partial charge in [0, 0.05) is 26.6 Å². The van der Waals surface area contributed by atoms with Crippen LogP contribution < -0.4 is 5.32 Å². The van der Waals surface area contributed by atoms with Gasteiger partial charge in [0.25, 0.3) is 5.91 Å². The predicted octanol–water partition coefficient (Wildman–Crippen LogP) is 1.63. The summed E-state index contributed by atoms with van der Waals surface area (Å²) in [4.78, 5) is 36.8. The minimum Gasteiger partial charge on any atom is -0.475 e. The molecule has 0 aliphatic carbocycles. The van der Waals surface area contributed by atoms with Crippen LogP contribution in [-0.4, -0.2) is 83.3 Å². The maximum atomic E-state index is 11.9. The second-order valence-corrected chi connectivity index (χ2v) is 6.19. The van der Waals surface area contributed by atoms with Crippen LogP contribution >= 0.6 is 0 Å². The lowest BCUT2D eigenvalue weighted by molar-refractivity contribution is -0.193. The summed E-state index contributed by atoms with van der Waals surface area (Å²) in [6.45, 7) is 4.47. The minimum atomic E-state index is -5.08. The van der Waals surface area contributed by atoms with Gasteiger partial charge in [-0.15, -0.1) is 0 Å². The summed E-state index contributed by atoms with van der Waals surface area (Å²) < 4.78 is 63.5. The van der Waals surface area contributed by atoms with E-state index in [2.05, 4.69) is 10.5 Å². The Hall–Kier alpha value is -2.58. The van der Waals surface area contributed by atoms with Crippen molar-refractivity contribution in [3.05, 3.63) is 0 Å². The highest BCUT2D eigenvalue weighted by Gasteiger charge is 2.42. The Morgan fingerprint density at radius 2 is 1.60 bits per heavy atom. The van der Waals surface area contributed by atoms with Gasteiger partial charge in [-0.25, -0.2) is 9.59 Å². The van der Waals surface area contributed by atoms with Crippen molar-refractivity contribution in [2.45, 2.75) is 44.1 Å². The third kappa shape index (κ3) is 9.28. The molecule has 0 bridgehead atoms. The van der Waals surface area contributed by atoms with Crippen molar-refractivity contribution in [1.82, 2.24) is 10.2 Å². The predicted molar refractivity (Wildman–Crippen MR) is 88.7 cm³/mol. The number of halogens is 6. The summed E-state index contributed by atoms with van der Waals surface area (Å²) in [5.74, 6) is -5.52. The quantitative estimate of drug-likeness (QED) is 0.542. The molecule has 1 spiro atoms. The van der Waals surface area contributed by atoms with Crippen LogP contribution in [0.4, 0.5) is 26.3 Å². The van der Waals surface area contributed by atoms with Crippen molar-refractivity contribution < 1.29 is 55.8 Å². The monoisotopic (exact) mass is 453 g/mol. The van der Waals surface area contributed by atoms with E-state index in [9.17, 15) is 31.1 Å². The van der Waals surface area contributed by atoms with Crippen molar-refractivity contribution in [1.29, 1.82) is 0 Å². The summed E-state index contributed by atoms with van der Waals surface area (Å²) in [6, 6.07) is 0. The molecular formula is C15H21F6N3O6. The Balaban J connectivity index is 0.000000503. The molecule has 2 heterocycles. The Labute approximate surface area is 166 Å². The van der Waals surface area contributed by atoms with Crippen LogP contribution in [0.3, 0.4) is 0 Å². The second kappa shape index (κ2) is 11.0. The van der Waals surface area contributed by atoms with Crippen molar-refractivity contribution in [2.24, 2.45) is 5.16 Å². The highest BCUT2D eigenvalue weighted by atomic mass is 19.4. The zero-order valence-corrected chi connectivity index (χ0v) is 15.9. The fourth-order valence-electron chi connectivity index (χ4n) is 2.17. The zero-order valence-electron chi connectivity index (χ0n) is 15.9. The van der Waals surface area contributed by atoms with E-state index in [0.29, 0.717) is 18.7 Å². The number of carboxylic acids is 2. The van der Waals surface area contributed by atoms with Crippen molar-refractivity contribution in [3.8, 4) is 0 Å². The van der Waals surface area contributed by atoms with Crippen molar-refractivity contribution in [3.63, 3.8) is 0 Å². The first-order valence-corrected chi connectivity index (χ1v) is 8.37. The average molecular weight is 453 g/mol. The molecule has 0 aromatic heterocycles. The molecule has 1 atom stereocenters. The number of oxime groups is 1. The summed E-state index contributed by atoms with van der Waals surface area (Å²) in [5.41, 5.74) is 0.311. The van der Waals surface area contributed by atoms with E-state index >= 15 is 0 Å². The van der Waals surface area contributed by atoms with Crippen LogP contribution in [0.25, 0.3) is 0 Å². The normalized spacial score (nSPS) is 20.6. The molecule has 0 saturated carbocycles. The Morgan fingerprint density at radius 1 is 1.13 bits per heavy atom. The summed E-state index contributed by atoms with van der Waals surface area (Å²) in [7, 11) is 1.79. The molecule has 1 saturated heterocycles. The third-order valence-corrected chi connectivity index (χ3v) is 3.83. The van der Waals surface area contributed by atoms with Crippen molar-refractivity contribution >= 4 is 23.6 Å². The van der Waals surface area contributed by atoms with Crippen LogP contribution in [-0.2, 0) is 19.2 Å². The van der Waals surface area contributed by atoms with E-state index in [4.69, 9.17) is 24.6 Å². The number of carbonyl (C=O) groups excluding carboxylic acids is 1. The molecule has 174 valence electrons. The number of amides is 1. The number of piperidine rings is 1. The number of hydrogen-bond acceptors (Lipinski definition) is 6. The topological polar surface area (TPSA) is 129 Å². The average Bonchev–Trinajstić information content (AvgIpc) is 3.03. The fraction of sp³-hybridized carbons (Fsp3) is 0.733. The molecule has 0 radical (unpaired) electrons. The van der Waals surface area contributed by atoms with Crippen LogP contribution in [0.1, 0.15) is 26.2 Å². The number of hydrogen-bond donors (Lipinski definition) is 3. The summed E-state index contributed by atoms with van der Waals surface area (Å²) >= 11 is 0. The molecule has 0 aromatic carbocycles. The molecule has 15 heteroatoms. The van der Waals surface area contributed by atoms with Crippen LogP contribution in [0.5, 0.6) is 0 Å². The van der Waals surface area contributed by atoms with Crippen molar-refractivity contribution in [2.75, 3.05) is 26.7 Å². The largest absolute Gasteiger partial charge is 0.490 e. The van der Waals surface area contributed by atoms with Gasteiger partial charge in [0.05, 0.1) is 0 Å². The van der Waals surface area contributed by atoms with E-state index in [1.807, 2.05) is 6.92 Å². The maximum Gasteiger partial charge on any atom is 0.490 e. The standard InChI is InChI=1S/C11H19N3O2.2C2HF3O2/c1-3-14(2)10(15)9-7-11(16-13-9)5-4-6-12-8-11;2*3-2(4,5)1(6)7/h12H,3-8H2,1-2H3;2*(H,6,7). The molecule has 0 aromatic rings. The van der Waals surface area contributed by atoms with Gasteiger partial charge in [-0.3, -0.25) is 4.79 Å². The van der Waals surface area contributed by atoms with E-state index < -0.39 is 24.3 Å². The lowest BCUT2D eigenvalue weighted by atomic mass is 9.89. The third-order valence-electron chi connectivity index (χ3n) is 3.83. The van der Waals surface area contributed by atoms with Gasteiger partial charge in [0.2, 0.25) is 0 Å². The Kier molecular flexibility index (Phi) is 10.0. The van der Waals surface area contributed by atoms with Gasteiger partial charge in [-0.2, -0.15) is 26.3 Å². The highest BCUT2D eigenvalue weighted by Crippen LogP contribution is 2.30. The van der Waals surface area contributed by atoms with Gasteiger partial charge < -0.3 is 25.3 Å². The lowest BCUT2D eigenvalue weighted by Gasteiger charge is -2.31. The van der Waals surface area contributed by atoms with Gasteiger partial charge in [0.1, 0.15) is 5.71 Å². The molecule has 1 unspecified atom stereocenters. The van der Waals surface area contributed by atoms with Crippen LogP contribution in [0.2, 0.25) is 0 Å². The first-order chi connectivity index (χ1) is 13.6. The number of nitrogens with zero attached hydrogens (tertiary/aromatic N) is 2. The lowest BCUT2D eigenvalue weighted by Crippen LogP contribution is -2.46.